The quantitative estimate of drug-likeness (QED) is 0.909. The number of benzene rings is 1. The maximum absolute atomic E-state index is 12.3. The summed E-state index contributed by atoms with van der Waals surface area (Å²) in [6, 6.07) is 8.04. The zero-order chi connectivity index (χ0) is 16.0. The fourth-order valence-corrected chi connectivity index (χ4v) is 2.60. The van der Waals surface area contributed by atoms with Gasteiger partial charge < -0.3 is 19.7 Å². The Kier molecular flexibility index (Phi) is 5.80. The first kappa shape index (κ1) is 16.8. The minimum absolute atomic E-state index is 0.0277. The van der Waals surface area contributed by atoms with Crippen molar-refractivity contribution in [1.82, 2.24) is 10.2 Å². The molecule has 1 aromatic rings. The summed E-state index contributed by atoms with van der Waals surface area (Å²) in [4.78, 5) is 14.2. The number of carbonyl (C=O) groups is 1. The number of morpholine rings is 1. The van der Waals surface area contributed by atoms with Crippen LogP contribution in [0.3, 0.4) is 0 Å². The smallest absolute Gasteiger partial charge is 0.317 e. The van der Waals surface area contributed by atoms with Crippen LogP contribution in [0.4, 0.5) is 4.79 Å². The van der Waals surface area contributed by atoms with Gasteiger partial charge in [-0.25, -0.2) is 4.79 Å². The van der Waals surface area contributed by atoms with Gasteiger partial charge in [0.05, 0.1) is 25.4 Å². The van der Waals surface area contributed by atoms with Gasteiger partial charge in [-0.1, -0.05) is 31.2 Å². The maximum Gasteiger partial charge on any atom is 0.317 e. The first-order valence-electron chi connectivity index (χ1n) is 7.80. The van der Waals surface area contributed by atoms with Crippen molar-refractivity contribution in [3.8, 4) is 0 Å². The van der Waals surface area contributed by atoms with Gasteiger partial charge in [-0.2, -0.15) is 0 Å². The Morgan fingerprint density at radius 1 is 1.45 bits per heavy atom. The molecule has 2 rings (SSSR count). The van der Waals surface area contributed by atoms with Crippen LogP contribution < -0.4 is 5.32 Å². The summed E-state index contributed by atoms with van der Waals surface area (Å²) in [5.74, 6) is 0. The van der Waals surface area contributed by atoms with Crippen molar-refractivity contribution in [2.45, 2.75) is 39.0 Å². The van der Waals surface area contributed by atoms with Gasteiger partial charge in [0.15, 0.2) is 0 Å². The van der Waals surface area contributed by atoms with E-state index >= 15 is 0 Å². The summed E-state index contributed by atoms with van der Waals surface area (Å²) < 4.78 is 10.9. The molecule has 1 aliphatic rings. The van der Waals surface area contributed by atoms with Gasteiger partial charge >= 0.3 is 6.03 Å². The first-order chi connectivity index (χ1) is 10.6. The molecule has 0 unspecified atom stereocenters. The standard InChI is InChI=1S/C17H26N2O3/c1-4-17(2)13-19(8-9-22-17)16(20)18-11-14-6-5-7-15(10-14)12-21-3/h5-7,10H,4,8-9,11-13H2,1-3H3,(H,18,20)/t17-/m1/s1. The minimum Gasteiger partial charge on any atom is -0.380 e. The largest absolute Gasteiger partial charge is 0.380 e. The molecule has 1 heterocycles. The Balaban J connectivity index is 1.88. The van der Waals surface area contributed by atoms with Crippen molar-refractivity contribution in [2.24, 2.45) is 0 Å². The van der Waals surface area contributed by atoms with E-state index in [0.717, 1.165) is 17.5 Å². The summed E-state index contributed by atoms with van der Waals surface area (Å²) in [6.07, 6.45) is 0.899. The summed E-state index contributed by atoms with van der Waals surface area (Å²) >= 11 is 0. The van der Waals surface area contributed by atoms with Crippen molar-refractivity contribution in [3.05, 3.63) is 35.4 Å². The van der Waals surface area contributed by atoms with E-state index in [0.29, 0.717) is 32.8 Å². The molecule has 0 radical (unpaired) electrons. The molecular weight excluding hydrogens is 280 g/mol. The van der Waals surface area contributed by atoms with Crippen LogP contribution in [-0.4, -0.2) is 43.3 Å². The average molecular weight is 306 g/mol. The summed E-state index contributed by atoms with van der Waals surface area (Å²) in [5, 5.41) is 2.99. The van der Waals surface area contributed by atoms with Gasteiger partial charge in [0.1, 0.15) is 0 Å². The zero-order valence-electron chi connectivity index (χ0n) is 13.7. The Hall–Kier alpha value is -1.59. The van der Waals surface area contributed by atoms with Crippen LogP contribution in [0, 0.1) is 0 Å². The van der Waals surface area contributed by atoms with Gasteiger partial charge in [0.25, 0.3) is 0 Å². The molecule has 0 spiro atoms. The van der Waals surface area contributed by atoms with Crippen molar-refractivity contribution < 1.29 is 14.3 Å². The molecule has 22 heavy (non-hydrogen) atoms. The second-order valence-corrected chi connectivity index (χ2v) is 5.99. The lowest BCUT2D eigenvalue weighted by atomic mass is 10.0. The summed E-state index contributed by atoms with van der Waals surface area (Å²) in [6.45, 7) is 7.13. The number of urea groups is 1. The van der Waals surface area contributed by atoms with Gasteiger partial charge in [-0.3, -0.25) is 0 Å². The van der Waals surface area contributed by atoms with Crippen LogP contribution in [-0.2, 0) is 22.6 Å². The number of hydrogen-bond acceptors (Lipinski definition) is 3. The first-order valence-corrected chi connectivity index (χ1v) is 7.80. The predicted molar refractivity (Wildman–Crippen MR) is 85.6 cm³/mol. The topological polar surface area (TPSA) is 50.8 Å². The van der Waals surface area contributed by atoms with Crippen molar-refractivity contribution in [2.75, 3.05) is 26.8 Å². The third-order valence-corrected chi connectivity index (χ3v) is 4.12. The van der Waals surface area contributed by atoms with E-state index in [9.17, 15) is 4.79 Å². The van der Waals surface area contributed by atoms with Gasteiger partial charge in [0, 0.05) is 20.2 Å². The Morgan fingerprint density at radius 3 is 2.95 bits per heavy atom. The number of amides is 2. The molecule has 1 N–H and O–H groups in total. The predicted octanol–water partition coefficient (Wildman–Crippen LogP) is 2.54. The van der Waals surface area contributed by atoms with Gasteiger partial charge in [0.2, 0.25) is 0 Å². The second kappa shape index (κ2) is 7.61. The lowest BCUT2D eigenvalue weighted by Crippen LogP contribution is -2.54. The van der Waals surface area contributed by atoms with Crippen molar-refractivity contribution in [3.63, 3.8) is 0 Å². The average Bonchev–Trinajstić information content (AvgIpc) is 2.53. The Labute approximate surface area is 132 Å². The fraction of sp³-hybridized carbons (Fsp3) is 0.588. The highest BCUT2D eigenvalue weighted by Gasteiger charge is 2.32. The fourth-order valence-electron chi connectivity index (χ4n) is 2.60. The molecule has 0 aliphatic carbocycles. The van der Waals surface area contributed by atoms with Crippen molar-refractivity contribution >= 4 is 6.03 Å². The number of carbonyl (C=O) groups excluding carboxylic acids is 1. The molecule has 0 aromatic heterocycles. The molecule has 0 bridgehead atoms. The van der Waals surface area contributed by atoms with Crippen LogP contribution >= 0.6 is 0 Å². The number of ether oxygens (including phenoxy) is 2. The number of methoxy groups -OCH3 is 1. The molecule has 1 saturated heterocycles. The van der Waals surface area contributed by atoms with E-state index < -0.39 is 0 Å². The third-order valence-electron chi connectivity index (χ3n) is 4.12. The molecule has 2 amide bonds. The minimum atomic E-state index is -0.228. The van der Waals surface area contributed by atoms with Crippen LogP contribution in [0.1, 0.15) is 31.4 Å². The highest BCUT2D eigenvalue weighted by atomic mass is 16.5. The lowest BCUT2D eigenvalue weighted by Gasteiger charge is -2.39. The van der Waals surface area contributed by atoms with Crippen LogP contribution in [0.25, 0.3) is 0 Å². The molecule has 122 valence electrons. The van der Waals surface area contributed by atoms with E-state index in [1.807, 2.05) is 23.1 Å². The number of rotatable bonds is 5. The van der Waals surface area contributed by atoms with Crippen LogP contribution in [0.2, 0.25) is 0 Å². The van der Waals surface area contributed by atoms with Crippen LogP contribution in [0.5, 0.6) is 0 Å². The van der Waals surface area contributed by atoms with E-state index in [4.69, 9.17) is 9.47 Å². The van der Waals surface area contributed by atoms with E-state index in [1.165, 1.54) is 0 Å². The van der Waals surface area contributed by atoms with Crippen LogP contribution in [0.15, 0.2) is 24.3 Å². The maximum atomic E-state index is 12.3. The molecule has 1 fully saturated rings. The number of nitrogens with zero attached hydrogens (tertiary/aromatic N) is 1. The van der Waals surface area contributed by atoms with E-state index in [1.54, 1.807) is 7.11 Å². The Bertz CT molecular complexity index is 506. The van der Waals surface area contributed by atoms with Crippen molar-refractivity contribution in [1.29, 1.82) is 0 Å². The Morgan fingerprint density at radius 2 is 2.23 bits per heavy atom. The third kappa shape index (κ3) is 4.45. The molecule has 1 aliphatic heterocycles. The van der Waals surface area contributed by atoms with Gasteiger partial charge in [-0.05, 0) is 24.5 Å². The molecular formula is C17H26N2O3. The normalized spacial score (nSPS) is 21.7. The molecule has 0 saturated carbocycles. The highest BCUT2D eigenvalue weighted by molar-refractivity contribution is 5.74. The van der Waals surface area contributed by atoms with E-state index in [-0.39, 0.29) is 11.6 Å². The van der Waals surface area contributed by atoms with E-state index in [2.05, 4.69) is 25.2 Å². The molecule has 5 nitrogen and oxygen atoms in total. The summed E-state index contributed by atoms with van der Waals surface area (Å²) in [7, 11) is 1.68. The molecule has 1 atom stereocenters. The highest BCUT2D eigenvalue weighted by Crippen LogP contribution is 2.21. The SMILES string of the molecule is CC[C@]1(C)CN(C(=O)NCc2cccc(COC)c2)CCO1. The molecule has 5 heteroatoms. The second-order valence-electron chi connectivity index (χ2n) is 5.99. The lowest BCUT2D eigenvalue weighted by molar-refractivity contribution is -0.0872. The summed E-state index contributed by atoms with van der Waals surface area (Å²) in [5.41, 5.74) is 1.96. The monoisotopic (exact) mass is 306 g/mol. The number of hydrogen-bond donors (Lipinski definition) is 1. The number of nitrogens with one attached hydrogen (secondary N) is 1. The zero-order valence-corrected chi connectivity index (χ0v) is 13.7. The van der Waals surface area contributed by atoms with Gasteiger partial charge in [-0.15, -0.1) is 0 Å². The molecule has 1 aromatic carbocycles.